The molecular formula is C19H27N3OS. The molecule has 0 aromatic heterocycles. The number of hydrogen-bond donors (Lipinski definition) is 2. The van der Waals surface area contributed by atoms with Gasteiger partial charge in [0.1, 0.15) is 11.9 Å². The molecule has 0 saturated carbocycles. The van der Waals surface area contributed by atoms with Gasteiger partial charge in [-0.05, 0) is 56.4 Å². The molecule has 24 heavy (non-hydrogen) atoms. The van der Waals surface area contributed by atoms with Crippen LogP contribution in [0.2, 0.25) is 0 Å². The van der Waals surface area contributed by atoms with Gasteiger partial charge < -0.3 is 21.1 Å². The van der Waals surface area contributed by atoms with Gasteiger partial charge in [-0.3, -0.25) is 0 Å². The standard InChI is InChI=1S/C19H27N3OS/c1-4-22(5-2)13-14(3)23-15-7-6-8-16(11-15)24-17-9-10-18(20)19(21)12-17/h6-12,14H,4-5,13,20-21H2,1-3H3. The van der Waals surface area contributed by atoms with Gasteiger partial charge in [0.05, 0.1) is 11.4 Å². The first-order chi connectivity index (χ1) is 11.5. The van der Waals surface area contributed by atoms with Crippen molar-refractivity contribution in [1.82, 2.24) is 4.90 Å². The molecule has 0 amide bonds. The monoisotopic (exact) mass is 345 g/mol. The Labute approximate surface area is 149 Å². The van der Waals surface area contributed by atoms with Crippen molar-refractivity contribution in [1.29, 1.82) is 0 Å². The average molecular weight is 346 g/mol. The Hall–Kier alpha value is -1.85. The minimum absolute atomic E-state index is 0.150. The van der Waals surface area contributed by atoms with Crippen LogP contribution >= 0.6 is 11.8 Å². The molecule has 2 rings (SSSR count). The van der Waals surface area contributed by atoms with Crippen LogP contribution < -0.4 is 16.2 Å². The van der Waals surface area contributed by atoms with Crippen LogP contribution in [0.3, 0.4) is 0 Å². The normalized spacial score (nSPS) is 12.3. The summed E-state index contributed by atoms with van der Waals surface area (Å²) in [6.07, 6.45) is 0.150. The van der Waals surface area contributed by atoms with Crippen LogP contribution in [-0.4, -0.2) is 30.6 Å². The maximum absolute atomic E-state index is 6.07. The number of nitrogens with two attached hydrogens (primary N) is 2. The predicted octanol–water partition coefficient (Wildman–Crippen LogP) is 4.11. The summed E-state index contributed by atoms with van der Waals surface area (Å²) in [6, 6.07) is 13.9. The van der Waals surface area contributed by atoms with E-state index >= 15 is 0 Å². The highest BCUT2D eigenvalue weighted by molar-refractivity contribution is 7.99. The Morgan fingerprint density at radius 2 is 1.71 bits per heavy atom. The number of likely N-dealkylation sites (N-methyl/N-ethyl adjacent to an activating group) is 1. The molecule has 2 aromatic rings. The second kappa shape index (κ2) is 8.85. The second-order valence-corrected chi connectivity index (χ2v) is 6.93. The van der Waals surface area contributed by atoms with Crippen LogP contribution in [0, 0.1) is 0 Å². The number of benzene rings is 2. The zero-order valence-electron chi connectivity index (χ0n) is 14.7. The molecule has 0 saturated heterocycles. The van der Waals surface area contributed by atoms with Gasteiger partial charge in [0.25, 0.3) is 0 Å². The smallest absolute Gasteiger partial charge is 0.120 e. The van der Waals surface area contributed by atoms with E-state index in [1.54, 1.807) is 11.8 Å². The molecule has 0 aliphatic heterocycles. The molecule has 4 nitrogen and oxygen atoms in total. The van der Waals surface area contributed by atoms with Gasteiger partial charge in [-0.15, -0.1) is 0 Å². The SMILES string of the molecule is CCN(CC)CC(C)Oc1cccc(Sc2ccc(N)c(N)c2)c1. The molecule has 0 bridgehead atoms. The summed E-state index contributed by atoms with van der Waals surface area (Å²) in [6.45, 7) is 9.46. The number of rotatable bonds is 8. The van der Waals surface area contributed by atoms with Crippen LogP contribution in [0.1, 0.15) is 20.8 Å². The van der Waals surface area contributed by atoms with Gasteiger partial charge in [-0.25, -0.2) is 0 Å². The van der Waals surface area contributed by atoms with Crippen LogP contribution in [0.5, 0.6) is 5.75 Å². The summed E-state index contributed by atoms with van der Waals surface area (Å²) in [7, 11) is 0. The highest BCUT2D eigenvalue weighted by Gasteiger charge is 2.09. The third-order valence-corrected chi connectivity index (χ3v) is 4.83. The van der Waals surface area contributed by atoms with E-state index in [0.29, 0.717) is 11.4 Å². The molecule has 0 spiro atoms. The van der Waals surface area contributed by atoms with Crippen molar-refractivity contribution in [3.05, 3.63) is 42.5 Å². The van der Waals surface area contributed by atoms with Crippen molar-refractivity contribution < 1.29 is 4.74 Å². The first kappa shape index (κ1) is 18.5. The highest BCUT2D eigenvalue weighted by Crippen LogP contribution is 2.32. The maximum atomic E-state index is 6.07. The summed E-state index contributed by atoms with van der Waals surface area (Å²) in [5, 5.41) is 0. The zero-order chi connectivity index (χ0) is 17.5. The van der Waals surface area contributed by atoms with Gasteiger partial charge in [-0.1, -0.05) is 31.7 Å². The van der Waals surface area contributed by atoms with E-state index in [1.807, 2.05) is 30.3 Å². The summed E-state index contributed by atoms with van der Waals surface area (Å²) >= 11 is 1.65. The van der Waals surface area contributed by atoms with E-state index in [0.717, 1.165) is 35.2 Å². The van der Waals surface area contributed by atoms with Crippen molar-refractivity contribution in [2.75, 3.05) is 31.1 Å². The fraction of sp³-hybridized carbons (Fsp3) is 0.368. The fourth-order valence-electron chi connectivity index (χ4n) is 2.48. The number of anilines is 2. The van der Waals surface area contributed by atoms with Crippen LogP contribution in [-0.2, 0) is 0 Å². The highest BCUT2D eigenvalue weighted by atomic mass is 32.2. The molecule has 4 N–H and O–H groups in total. The van der Waals surface area contributed by atoms with Crippen molar-refractivity contribution in [3.8, 4) is 5.75 Å². The fourth-order valence-corrected chi connectivity index (χ4v) is 3.39. The Morgan fingerprint density at radius 3 is 2.38 bits per heavy atom. The Balaban J connectivity index is 2.01. The van der Waals surface area contributed by atoms with Crippen molar-refractivity contribution >= 4 is 23.1 Å². The molecule has 1 unspecified atom stereocenters. The lowest BCUT2D eigenvalue weighted by Gasteiger charge is -2.23. The Morgan fingerprint density at radius 1 is 1.00 bits per heavy atom. The second-order valence-electron chi connectivity index (χ2n) is 5.78. The van der Waals surface area contributed by atoms with Gasteiger partial charge >= 0.3 is 0 Å². The molecule has 0 heterocycles. The Bertz CT molecular complexity index is 659. The summed E-state index contributed by atoms with van der Waals surface area (Å²) < 4.78 is 6.07. The van der Waals surface area contributed by atoms with E-state index in [9.17, 15) is 0 Å². The lowest BCUT2D eigenvalue weighted by Crippen LogP contribution is -2.33. The molecule has 0 aliphatic rings. The van der Waals surface area contributed by atoms with Crippen LogP contribution in [0.15, 0.2) is 52.3 Å². The molecule has 0 fully saturated rings. The van der Waals surface area contributed by atoms with Gasteiger partial charge in [-0.2, -0.15) is 0 Å². The van der Waals surface area contributed by atoms with E-state index in [1.165, 1.54) is 0 Å². The summed E-state index contributed by atoms with van der Waals surface area (Å²) in [5.74, 6) is 0.892. The van der Waals surface area contributed by atoms with E-state index < -0.39 is 0 Å². The minimum Gasteiger partial charge on any atom is -0.489 e. The lowest BCUT2D eigenvalue weighted by molar-refractivity contribution is 0.153. The number of ether oxygens (including phenoxy) is 1. The van der Waals surface area contributed by atoms with E-state index in [-0.39, 0.29) is 6.10 Å². The first-order valence-corrected chi connectivity index (χ1v) is 9.15. The van der Waals surface area contributed by atoms with Crippen LogP contribution in [0.25, 0.3) is 0 Å². The predicted molar refractivity (Wildman–Crippen MR) is 104 cm³/mol. The van der Waals surface area contributed by atoms with Crippen molar-refractivity contribution in [2.24, 2.45) is 0 Å². The van der Waals surface area contributed by atoms with Crippen molar-refractivity contribution in [2.45, 2.75) is 36.7 Å². The van der Waals surface area contributed by atoms with Gasteiger partial charge in [0, 0.05) is 16.3 Å². The molecule has 1 atom stereocenters. The van der Waals surface area contributed by atoms with Crippen LogP contribution in [0.4, 0.5) is 11.4 Å². The molecular weight excluding hydrogens is 318 g/mol. The number of hydrogen-bond acceptors (Lipinski definition) is 5. The molecule has 5 heteroatoms. The lowest BCUT2D eigenvalue weighted by atomic mass is 10.3. The minimum atomic E-state index is 0.150. The third kappa shape index (κ3) is 5.35. The first-order valence-electron chi connectivity index (χ1n) is 8.33. The topological polar surface area (TPSA) is 64.5 Å². The quantitative estimate of drug-likeness (QED) is 0.705. The van der Waals surface area contributed by atoms with E-state index in [2.05, 4.69) is 37.8 Å². The molecule has 0 aliphatic carbocycles. The number of nitrogen functional groups attached to an aromatic ring is 2. The van der Waals surface area contributed by atoms with Crippen molar-refractivity contribution in [3.63, 3.8) is 0 Å². The largest absolute Gasteiger partial charge is 0.489 e. The third-order valence-electron chi connectivity index (χ3n) is 3.85. The van der Waals surface area contributed by atoms with Gasteiger partial charge in [0.2, 0.25) is 0 Å². The molecule has 130 valence electrons. The average Bonchev–Trinajstić information content (AvgIpc) is 2.56. The Kier molecular flexibility index (Phi) is 6.82. The molecule has 2 aromatic carbocycles. The van der Waals surface area contributed by atoms with Gasteiger partial charge in [0.15, 0.2) is 0 Å². The summed E-state index contributed by atoms with van der Waals surface area (Å²) in [4.78, 5) is 4.54. The maximum Gasteiger partial charge on any atom is 0.120 e. The summed E-state index contributed by atoms with van der Waals surface area (Å²) in [5.41, 5.74) is 12.9. The van der Waals surface area contributed by atoms with E-state index in [4.69, 9.17) is 16.2 Å². The number of nitrogens with zero attached hydrogens (tertiary/aromatic N) is 1. The zero-order valence-corrected chi connectivity index (χ0v) is 15.5. The molecule has 0 radical (unpaired) electrons.